The van der Waals surface area contributed by atoms with E-state index in [2.05, 4.69) is 0 Å². The molecule has 0 aliphatic heterocycles. The fourth-order valence-electron chi connectivity index (χ4n) is 2.49. The van der Waals surface area contributed by atoms with Crippen molar-refractivity contribution in [3.63, 3.8) is 0 Å². The van der Waals surface area contributed by atoms with Gasteiger partial charge in [-0.25, -0.2) is 0 Å². The van der Waals surface area contributed by atoms with E-state index < -0.39 is 4.75 Å². The number of aryl methyl sites for hydroxylation is 3. The number of hydrogen-bond donors (Lipinski definition) is 0. The van der Waals surface area contributed by atoms with Gasteiger partial charge in [-0.2, -0.15) is 0 Å². The molecule has 0 aromatic heterocycles. The second-order valence-electron chi connectivity index (χ2n) is 7.22. The fourth-order valence-corrected chi connectivity index (χ4v) is 16.2. The predicted octanol–water partition coefficient (Wildman–Crippen LogP) is 9.31. The number of ether oxygens (including phenoxy) is 3. The summed E-state index contributed by atoms with van der Waals surface area (Å²) >= 11 is 18.8. The van der Waals surface area contributed by atoms with Crippen LogP contribution in [0.1, 0.15) is 16.7 Å². The highest BCUT2D eigenvalue weighted by Crippen LogP contribution is 2.78. The number of hydrogen-bond acceptors (Lipinski definition) is 10. The van der Waals surface area contributed by atoms with E-state index in [1.807, 2.05) is 57.2 Å². The Labute approximate surface area is 233 Å². The molecular weight excluding hydrogens is 576 g/mol. The zero-order chi connectivity index (χ0) is 25.4. The van der Waals surface area contributed by atoms with Crippen LogP contribution in [-0.2, 0) is 4.57 Å². The molecule has 0 atom stereocenters. The number of thiocarbonyl (C=S) groups is 3. The van der Waals surface area contributed by atoms with Gasteiger partial charge in [-0.1, -0.05) is 53.1 Å². The molecule has 0 amide bonds. The van der Waals surface area contributed by atoms with Crippen molar-refractivity contribution in [2.45, 2.75) is 20.8 Å². The molecular formula is C24H21O4PS6. The first kappa shape index (κ1) is 28.2. The maximum atomic E-state index is 14.0. The molecule has 0 unspecified atom stereocenters. The molecule has 182 valence electrons. The Bertz CT molecular complexity index is 1090. The molecule has 11 heteroatoms. The number of benzene rings is 3. The second kappa shape index (κ2) is 13.2. The van der Waals surface area contributed by atoms with Gasteiger partial charge in [0.1, 0.15) is 17.2 Å². The summed E-state index contributed by atoms with van der Waals surface area (Å²) in [5.41, 5.74) is 3.26. The molecule has 0 fully saturated rings. The molecule has 0 saturated heterocycles. The molecule has 3 aromatic carbocycles. The molecule has 0 saturated carbocycles. The van der Waals surface area contributed by atoms with Crippen molar-refractivity contribution in [1.82, 2.24) is 0 Å². The van der Waals surface area contributed by atoms with Gasteiger partial charge in [0, 0.05) is 34.1 Å². The molecule has 0 aliphatic rings. The first-order valence-corrected chi connectivity index (χ1v) is 17.3. The Hall–Kier alpha value is -1.39. The lowest BCUT2D eigenvalue weighted by atomic mass is 10.2. The van der Waals surface area contributed by atoms with Gasteiger partial charge in [-0.3, -0.25) is 4.57 Å². The van der Waals surface area contributed by atoms with Crippen LogP contribution < -0.4 is 14.2 Å². The molecule has 3 aromatic rings. The van der Waals surface area contributed by atoms with Crippen LogP contribution in [0.5, 0.6) is 17.2 Å². The van der Waals surface area contributed by atoms with Crippen molar-refractivity contribution in [2.75, 3.05) is 0 Å². The highest BCUT2D eigenvalue weighted by molar-refractivity contribution is 9.21. The Morgan fingerprint density at radius 2 is 0.771 bits per heavy atom. The maximum absolute atomic E-state index is 14.0. The van der Waals surface area contributed by atoms with E-state index in [1.54, 1.807) is 36.4 Å². The van der Waals surface area contributed by atoms with Gasteiger partial charge < -0.3 is 14.2 Å². The van der Waals surface area contributed by atoms with Gasteiger partial charge in [0.15, 0.2) is 0 Å². The summed E-state index contributed by atoms with van der Waals surface area (Å²) in [5.74, 6) is 1.64. The topological polar surface area (TPSA) is 44.8 Å². The zero-order valence-electron chi connectivity index (χ0n) is 19.0. The summed E-state index contributed by atoms with van der Waals surface area (Å²) in [6.45, 7) is 5.92. The predicted molar refractivity (Wildman–Crippen MR) is 164 cm³/mol. The van der Waals surface area contributed by atoms with E-state index in [0.717, 1.165) is 50.8 Å². The lowest BCUT2D eigenvalue weighted by molar-refractivity contribution is 0.578. The summed E-state index contributed by atoms with van der Waals surface area (Å²) in [6, 6.07) is 22.2. The zero-order valence-corrected chi connectivity index (χ0v) is 24.8. The highest BCUT2D eigenvalue weighted by Gasteiger charge is 2.34. The van der Waals surface area contributed by atoms with Gasteiger partial charge in [0.2, 0.25) is 13.1 Å². The van der Waals surface area contributed by atoms with Crippen LogP contribution in [0.3, 0.4) is 0 Å². The van der Waals surface area contributed by atoms with Crippen LogP contribution in [0, 0.1) is 20.8 Å². The van der Waals surface area contributed by atoms with Gasteiger partial charge in [0.25, 0.3) is 4.75 Å². The minimum Gasteiger partial charge on any atom is -0.439 e. The van der Waals surface area contributed by atoms with Crippen molar-refractivity contribution in [1.29, 1.82) is 0 Å². The van der Waals surface area contributed by atoms with Gasteiger partial charge in [-0.05, 0) is 93.8 Å². The molecule has 35 heavy (non-hydrogen) atoms. The standard InChI is InChI=1S/C24H21O4PS6/c1-16-4-10-19(11-5-16)26-22(30)33-29(25,34-23(31)27-20-12-6-17(2)7-13-20)35-24(32)28-21-14-8-18(3)9-15-21/h4-15H,1-3H3. The van der Waals surface area contributed by atoms with E-state index in [4.69, 9.17) is 50.9 Å². The largest absolute Gasteiger partial charge is 0.439 e. The third-order valence-electron chi connectivity index (χ3n) is 4.23. The normalized spacial score (nSPS) is 10.9. The third-order valence-corrected chi connectivity index (χ3v) is 15.2. The van der Waals surface area contributed by atoms with Crippen molar-refractivity contribution in [2.24, 2.45) is 0 Å². The summed E-state index contributed by atoms with van der Waals surface area (Å²) in [4.78, 5) is 0. The lowest BCUT2D eigenvalue weighted by Gasteiger charge is -2.17. The van der Waals surface area contributed by atoms with E-state index in [0.29, 0.717) is 17.2 Å². The van der Waals surface area contributed by atoms with Crippen LogP contribution in [0.15, 0.2) is 72.8 Å². The fraction of sp³-hybridized carbons (Fsp3) is 0.125. The summed E-state index contributed by atoms with van der Waals surface area (Å²) in [5, 5.41) is 0. The van der Waals surface area contributed by atoms with Crippen LogP contribution in [0.2, 0.25) is 0 Å². The SMILES string of the molecule is Cc1ccc(OC(=S)SP(=O)(SC(=S)Oc2ccc(C)cc2)SC(=S)Oc2ccc(C)cc2)cc1. The Balaban J connectivity index is 1.72. The van der Waals surface area contributed by atoms with Crippen molar-refractivity contribution in [3.8, 4) is 17.2 Å². The van der Waals surface area contributed by atoms with Crippen LogP contribution in [0.25, 0.3) is 0 Å². The van der Waals surface area contributed by atoms with Crippen molar-refractivity contribution in [3.05, 3.63) is 89.5 Å². The Kier molecular flexibility index (Phi) is 10.7. The second-order valence-corrected chi connectivity index (χ2v) is 20.0. The summed E-state index contributed by atoms with van der Waals surface area (Å²) < 4.78 is 28.0. The van der Waals surface area contributed by atoms with E-state index in [9.17, 15) is 4.57 Å². The van der Waals surface area contributed by atoms with Gasteiger partial charge in [0.05, 0.1) is 0 Å². The van der Waals surface area contributed by atoms with Gasteiger partial charge >= 0.3 is 0 Å². The minimum absolute atomic E-state index is 0.0773. The Morgan fingerprint density at radius 3 is 1.00 bits per heavy atom. The molecule has 0 spiro atoms. The average molecular weight is 597 g/mol. The van der Waals surface area contributed by atoms with E-state index >= 15 is 0 Å². The molecule has 4 nitrogen and oxygen atoms in total. The molecule has 0 N–H and O–H groups in total. The quantitative estimate of drug-likeness (QED) is 0.203. The van der Waals surface area contributed by atoms with Crippen molar-refractivity contribution < 1.29 is 18.8 Å². The monoisotopic (exact) mass is 596 g/mol. The lowest BCUT2D eigenvalue weighted by Crippen LogP contribution is -2.04. The molecule has 0 aliphatic carbocycles. The van der Waals surface area contributed by atoms with Crippen LogP contribution in [-0.4, -0.2) is 13.1 Å². The summed E-state index contributed by atoms with van der Waals surface area (Å²) in [7, 11) is 0. The van der Waals surface area contributed by atoms with E-state index in [1.165, 1.54) is 0 Å². The molecule has 0 bridgehead atoms. The third kappa shape index (κ3) is 9.88. The molecule has 3 rings (SSSR count). The molecule has 0 heterocycles. The average Bonchev–Trinajstić information content (AvgIpc) is 2.78. The van der Waals surface area contributed by atoms with Gasteiger partial charge in [-0.15, -0.1) is 0 Å². The summed E-state index contributed by atoms with van der Waals surface area (Å²) in [6.07, 6.45) is 0. The first-order valence-electron chi connectivity index (χ1n) is 10.1. The number of rotatable bonds is 6. The van der Waals surface area contributed by atoms with Crippen molar-refractivity contribution >= 4 is 88.7 Å². The van der Waals surface area contributed by atoms with E-state index in [-0.39, 0.29) is 13.1 Å². The molecule has 0 radical (unpaired) electrons. The first-order chi connectivity index (χ1) is 16.6. The smallest absolute Gasteiger partial charge is 0.268 e. The maximum Gasteiger partial charge on any atom is 0.268 e. The van der Waals surface area contributed by atoms with Crippen LogP contribution >= 0.6 is 75.5 Å². The highest BCUT2D eigenvalue weighted by atomic mass is 33.4. The van der Waals surface area contributed by atoms with Crippen LogP contribution in [0.4, 0.5) is 0 Å². The minimum atomic E-state index is -3.38. The Morgan fingerprint density at radius 1 is 0.543 bits per heavy atom.